The van der Waals surface area contributed by atoms with Gasteiger partial charge in [-0.1, -0.05) is 20.8 Å². The number of nitrogens with zero attached hydrogens (tertiary/aromatic N) is 2. The first-order chi connectivity index (χ1) is 6.80. The molecule has 82 valence electrons. The molecule has 0 aliphatic rings. The van der Waals surface area contributed by atoms with Crippen LogP contribution in [-0.4, -0.2) is 15.8 Å². The summed E-state index contributed by atoms with van der Waals surface area (Å²) < 4.78 is 0. The fraction of sp³-hybridized carbons (Fsp3) is 0.583. The molecule has 0 aliphatic heterocycles. The second kappa shape index (κ2) is 4.09. The van der Waals surface area contributed by atoms with Crippen LogP contribution in [0.25, 0.3) is 0 Å². The Kier molecular flexibility index (Phi) is 3.22. The summed E-state index contributed by atoms with van der Waals surface area (Å²) in [5.41, 5.74) is 2.20. The molecule has 3 heteroatoms. The van der Waals surface area contributed by atoms with Crippen LogP contribution in [0.5, 0.6) is 0 Å². The Balaban J connectivity index is 2.90. The topological polar surface area (TPSA) is 42.9 Å². The molecule has 0 fully saturated rings. The van der Waals surface area contributed by atoms with Crippen LogP contribution in [0, 0.1) is 19.3 Å². The Morgan fingerprint density at radius 1 is 1.33 bits per heavy atom. The maximum absolute atomic E-state index is 11.8. The van der Waals surface area contributed by atoms with E-state index in [0.717, 1.165) is 17.1 Å². The first-order valence-corrected chi connectivity index (χ1v) is 5.13. The molecule has 1 rings (SSSR count). The highest BCUT2D eigenvalue weighted by Crippen LogP contribution is 2.17. The third kappa shape index (κ3) is 3.11. The van der Waals surface area contributed by atoms with Crippen LogP contribution in [-0.2, 0) is 11.2 Å². The molecule has 0 aliphatic carbocycles. The van der Waals surface area contributed by atoms with Gasteiger partial charge in [0.1, 0.15) is 5.78 Å². The molecule has 0 radical (unpaired) electrons. The van der Waals surface area contributed by atoms with Crippen LogP contribution in [0.3, 0.4) is 0 Å². The molecule has 0 spiro atoms. The van der Waals surface area contributed by atoms with E-state index in [2.05, 4.69) is 9.97 Å². The number of aryl methyl sites for hydroxylation is 2. The molecule has 0 N–H and O–H groups in total. The lowest BCUT2D eigenvalue weighted by Crippen LogP contribution is -2.23. The Labute approximate surface area is 91.0 Å². The molecule has 1 heterocycles. The highest BCUT2D eigenvalue weighted by Gasteiger charge is 2.22. The van der Waals surface area contributed by atoms with E-state index in [-0.39, 0.29) is 11.2 Å². The Morgan fingerprint density at radius 2 is 1.93 bits per heavy atom. The van der Waals surface area contributed by atoms with E-state index in [1.807, 2.05) is 34.6 Å². The molecule has 1 aromatic rings. The van der Waals surface area contributed by atoms with Gasteiger partial charge in [-0.15, -0.1) is 0 Å². The summed E-state index contributed by atoms with van der Waals surface area (Å²) in [4.78, 5) is 20.4. The van der Waals surface area contributed by atoms with Crippen LogP contribution < -0.4 is 0 Å². The molecule has 0 bridgehead atoms. The predicted molar refractivity (Wildman–Crippen MR) is 59.7 cm³/mol. The van der Waals surface area contributed by atoms with E-state index in [0.29, 0.717) is 6.42 Å². The van der Waals surface area contributed by atoms with Gasteiger partial charge in [-0.3, -0.25) is 14.8 Å². The first-order valence-electron chi connectivity index (χ1n) is 5.13. The molecular weight excluding hydrogens is 188 g/mol. The van der Waals surface area contributed by atoms with E-state index in [4.69, 9.17) is 0 Å². The van der Waals surface area contributed by atoms with E-state index >= 15 is 0 Å². The average Bonchev–Trinajstić information content (AvgIpc) is 2.09. The minimum atomic E-state index is -0.308. The maximum atomic E-state index is 11.8. The van der Waals surface area contributed by atoms with Crippen LogP contribution in [0.15, 0.2) is 6.20 Å². The maximum Gasteiger partial charge on any atom is 0.144 e. The highest BCUT2D eigenvalue weighted by molar-refractivity contribution is 5.85. The van der Waals surface area contributed by atoms with Crippen LogP contribution in [0.4, 0.5) is 0 Å². The number of Topliss-reactive ketones (excluding diaryl/α,β-unsaturated/α-hetero) is 1. The quantitative estimate of drug-likeness (QED) is 0.745. The van der Waals surface area contributed by atoms with E-state index in [9.17, 15) is 4.79 Å². The molecule has 0 saturated heterocycles. The van der Waals surface area contributed by atoms with Crippen molar-refractivity contribution in [3.05, 3.63) is 23.3 Å². The minimum Gasteiger partial charge on any atom is -0.299 e. The van der Waals surface area contributed by atoms with Crippen LogP contribution >= 0.6 is 0 Å². The van der Waals surface area contributed by atoms with Gasteiger partial charge in [0.2, 0.25) is 0 Å². The predicted octanol–water partition coefficient (Wildman–Crippen LogP) is 2.25. The Hall–Kier alpha value is -1.25. The number of carbonyl (C=O) groups is 1. The van der Waals surface area contributed by atoms with Gasteiger partial charge in [0.25, 0.3) is 0 Å². The molecule has 1 aromatic heterocycles. The second-order valence-corrected chi connectivity index (χ2v) is 4.89. The lowest BCUT2D eigenvalue weighted by molar-refractivity contribution is -0.125. The molecule has 0 unspecified atom stereocenters. The monoisotopic (exact) mass is 206 g/mol. The van der Waals surface area contributed by atoms with Crippen molar-refractivity contribution in [3.63, 3.8) is 0 Å². The number of aromatic nitrogens is 2. The zero-order valence-corrected chi connectivity index (χ0v) is 10.1. The molecule has 0 saturated carbocycles. The van der Waals surface area contributed by atoms with Crippen molar-refractivity contribution in [2.45, 2.75) is 41.0 Å². The van der Waals surface area contributed by atoms with Gasteiger partial charge in [-0.2, -0.15) is 0 Å². The van der Waals surface area contributed by atoms with Gasteiger partial charge in [0.15, 0.2) is 0 Å². The highest BCUT2D eigenvalue weighted by atomic mass is 16.1. The van der Waals surface area contributed by atoms with Crippen molar-refractivity contribution < 1.29 is 4.79 Å². The summed E-state index contributed by atoms with van der Waals surface area (Å²) in [6, 6.07) is 0. The van der Waals surface area contributed by atoms with Crippen LogP contribution in [0.1, 0.15) is 37.9 Å². The van der Waals surface area contributed by atoms with Gasteiger partial charge in [-0.05, 0) is 13.8 Å². The van der Waals surface area contributed by atoms with Crippen molar-refractivity contribution in [2.24, 2.45) is 5.41 Å². The Morgan fingerprint density at radius 3 is 2.47 bits per heavy atom. The summed E-state index contributed by atoms with van der Waals surface area (Å²) in [5.74, 6) is 0.200. The van der Waals surface area contributed by atoms with Gasteiger partial charge in [0.05, 0.1) is 23.5 Å². The number of hydrogen-bond acceptors (Lipinski definition) is 3. The van der Waals surface area contributed by atoms with E-state index in [1.165, 1.54) is 0 Å². The molecule has 0 atom stereocenters. The zero-order valence-electron chi connectivity index (χ0n) is 10.1. The van der Waals surface area contributed by atoms with Crippen molar-refractivity contribution in [3.8, 4) is 0 Å². The third-order valence-corrected chi connectivity index (χ3v) is 2.34. The minimum absolute atomic E-state index is 0.200. The average molecular weight is 206 g/mol. The summed E-state index contributed by atoms with van der Waals surface area (Å²) in [6.07, 6.45) is 2.10. The second-order valence-electron chi connectivity index (χ2n) is 4.89. The Bertz CT molecular complexity index is 378. The number of hydrogen-bond donors (Lipinski definition) is 0. The molecule has 0 amide bonds. The normalized spacial score (nSPS) is 11.5. The number of carbonyl (C=O) groups excluding carboxylic acids is 1. The number of rotatable bonds is 2. The lowest BCUT2D eigenvalue weighted by atomic mass is 9.88. The van der Waals surface area contributed by atoms with Gasteiger partial charge < -0.3 is 0 Å². The molecule has 3 nitrogen and oxygen atoms in total. The van der Waals surface area contributed by atoms with Gasteiger partial charge >= 0.3 is 0 Å². The third-order valence-electron chi connectivity index (χ3n) is 2.34. The number of ketones is 1. The van der Waals surface area contributed by atoms with Crippen molar-refractivity contribution in [1.29, 1.82) is 0 Å². The van der Waals surface area contributed by atoms with E-state index in [1.54, 1.807) is 6.20 Å². The van der Waals surface area contributed by atoms with Crippen LogP contribution in [0.2, 0.25) is 0 Å². The first kappa shape index (κ1) is 11.8. The fourth-order valence-electron chi connectivity index (χ4n) is 1.17. The summed E-state index contributed by atoms with van der Waals surface area (Å²) in [5, 5.41) is 0. The summed E-state index contributed by atoms with van der Waals surface area (Å²) in [6.45, 7) is 9.55. The fourth-order valence-corrected chi connectivity index (χ4v) is 1.17. The van der Waals surface area contributed by atoms with Gasteiger partial charge in [0, 0.05) is 11.6 Å². The van der Waals surface area contributed by atoms with Crippen molar-refractivity contribution in [2.75, 3.05) is 0 Å². The SMILES string of the molecule is Cc1cnc(C)c(CC(=O)C(C)(C)C)n1. The standard InChI is InChI=1S/C12H18N2O/c1-8-7-13-9(2)10(14-8)6-11(15)12(3,4)5/h7H,6H2,1-5H3. The molecular formula is C12H18N2O. The van der Waals surface area contributed by atoms with E-state index < -0.39 is 0 Å². The smallest absolute Gasteiger partial charge is 0.144 e. The van der Waals surface area contributed by atoms with Crippen molar-refractivity contribution in [1.82, 2.24) is 9.97 Å². The zero-order chi connectivity index (χ0) is 11.6. The summed E-state index contributed by atoms with van der Waals surface area (Å²) >= 11 is 0. The molecule has 15 heavy (non-hydrogen) atoms. The largest absolute Gasteiger partial charge is 0.299 e. The lowest BCUT2D eigenvalue weighted by Gasteiger charge is -2.16. The summed E-state index contributed by atoms with van der Waals surface area (Å²) in [7, 11) is 0. The molecule has 0 aromatic carbocycles. The van der Waals surface area contributed by atoms with Crippen molar-refractivity contribution >= 4 is 5.78 Å². The van der Waals surface area contributed by atoms with Gasteiger partial charge in [-0.25, -0.2) is 0 Å².